The molecule has 0 atom stereocenters. The average Bonchev–Trinajstić information content (AvgIpc) is 2.97. The maximum Gasteiger partial charge on any atom is 0.322 e. The van der Waals surface area contributed by atoms with Gasteiger partial charge in [-0.1, -0.05) is 42.5 Å². The van der Waals surface area contributed by atoms with E-state index in [0.717, 1.165) is 16.3 Å². The fraction of sp³-hybridized carbons (Fsp3) is 0. The number of phenols is 1. The van der Waals surface area contributed by atoms with Gasteiger partial charge in [-0.3, -0.25) is 0 Å². The number of aromatic hydroxyl groups is 1. The summed E-state index contributed by atoms with van der Waals surface area (Å²) in [7, 11) is 0. The van der Waals surface area contributed by atoms with Crippen LogP contribution in [0.2, 0.25) is 0 Å². The minimum absolute atomic E-state index is 0.179. The van der Waals surface area contributed by atoms with Crippen molar-refractivity contribution in [2.45, 2.75) is 0 Å². The number of oxazole rings is 1. The predicted molar refractivity (Wildman–Crippen MR) is 86.9 cm³/mol. The molecule has 4 heteroatoms. The monoisotopic (exact) mass is 288 g/mol. The van der Waals surface area contributed by atoms with Crippen LogP contribution in [0.1, 0.15) is 5.56 Å². The maximum atomic E-state index is 10.1. The number of para-hydroxylation sites is 2. The third-order valence-corrected chi connectivity index (χ3v) is 3.53. The molecule has 1 N–H and O–H groups in total. The van der Waals surface area contributed by atoms with Crippen LogP contribution in [0.4, 0.5) is 6.01 Å². The van der Waals surface area contributed by atoms with Crippen LogP contribution in [-0.2, 0) is 0 Å². The Bertz CT molecular complexity index is 969. The van der Waals surface area contributed by atoms with Gasteiger partial charge in [-0.25, -0.2) is 4.99 Å². The Labute approximate surface area is 126 Å². The van der Waals surface area contributed by atoms with Crippen molar-refractivity contribution in [3.63, 3.8) is 0 Å². The summed E-state index contributed by atoms with van der Waals surface area (Å²) < 4.78 is 5.55. The molecule has 3 aromatic carbocycles. The summed E-state index contributed by atoms with van der Waals surface area (Å²) in [5.41, 5.74) is 2.11. The Morgan fingerprint density at radius 1 is 0.955 bits per heavy atom. The molecule has 1 heterocycles. The van der Waals surface area contributed by atoms with Crippen LogP contribution in [0.15, 0.2) is 70.1 Å². The highest BCUT2D eigenvalue weighted by Crippen LogP contribution is 2.26. The van der Waals surface area contributed by atoms with E-state index in [2.05, 4.69) is 9.98 Å². The fourth-order valence-electron chi connectivity index (χ4n) is 2.45. The minimum Gasteiger partial charge on any atom is -0.507 e. The van der Waals surface area contributed by atoms with Crippen molar-refractivity contribution >= 4 is 34.1 Å². The molecular weight excluding hydrogens is 276 g/mol. The third-order valence-electron chi connectivity index (χ3n) is 3.53. The second-order valence-corrected chi connectivity index (χ2v) is 4.94. The molecule has 0 fully saturated rings. The first-order valence-corrected chi connectivity index (χ1v) is 6.91. The van der Waals surface area contributed by atoms with Crippen LogP contribution in [0, 0.1) is 0 Å². The normalized spacial score (nSPS) is 11.6. The van der Waals surface area contributed by atoms with E-state index in [0.29, 0.717) is 11.1 Å². The standard InChI is InChI=1S/C18H12N2O2/c21-16-10-9-12-5-1-2-6-13(12)14(16)11-19-18-20-15-7-3-4-8-17(15)22-18/h1-11,21H. The number of fused-ring (bicyclic) bond motifs is 2. The van der Waals surface area contributed by atoms with Crippen molar-refractivity contribution in [3.8, 4) is 5.75 Å². The fourth-order valence-corrected chi connectivity index (χ4v) is 2.45. The van der Waals surface area contributed by atoms with Crippen LogP contribution in [0.5, 0.6) is 5.75 Å². The lowest BCUT2D eigenvalue weighted by atomic mass is 10.0. The van der Waals surface area contributed by atoms with Crippen molar-refractivity contribution < 1.29 is 9.52 Å². The van der Waals surface area contributed by atoms with Crippen LogP contribution < -0.4 is 0 Å². The molecule has 0 radical (unpaired) electrons. The molecule has 4 rings (SSSR count). The second-order valence-electron chi connectivity index (χ2n) is 4.94. The van der Waals surface area contributed by atoms with Crippen LogP contribution in [-0.4, -0.2) is 16.3 Å². The van der Waals surface area contributed by atoms with E-state index in [9.17, 15) is 5.11 Å². The van der Waals surface area contributed by atoms with Gasteiger partial charge in [0.15, 0.2) is 5.58 Å². The van der Waals surface area contributed by atoms with Gasteiger partial charge in [-0.05, 0) is 29.0 Å². The Kier molecular flexibility index (Phi) is 2.86. The van der Waals surface area contributed by atoms with Gasteiger partial charge < -0.3 is 9.52 Å². The summed E-state index contributed by atoms with van der Waals surface area (Å²) >= 11 is 0. The topological polar surface area (TPSA) is 58.6 Å². The first kappa shape index (κ1) is 12.6. The first-order chi connectivity index (χ1) is 10.8. The molecule has 0 amide bonds. The summed E-state index contributed by atoms with van der Waals surface area (Å²) in [5, 5.41) is 12.1. The zero-order chi connectivity index (χ0) is 14.9. The molecule has 0 saturated carbocycles. The smallest absolute Gasteiger partial charge is 0.322 e. The number of rotatable bonds is 2. The molecule has 4 aromatic rings. The van der Waals surface area contributed by atoms with E-state index in [4.69, 9.17) is 4.42 Å². The number of nitrogens with zero attached hydrogens (tertiary/aromatic N) is 2. The lowest BCUT2D eigenvalue weighted by Crippen LogP contribution is -1.85. The van der Waals surface area contributed by atoms with Gasteiger partial charge in [0.05, 0.1) is 0 Å². The molecule has 0 aliphatic carbocycles. The first-order valence-electron chi connectivity index (χ1n) is 6.91. The van der Waals surface area contributed by atoms with Gasteiger partial charge in [0.1, 0.15) is 11.3 Å². The number of aromatic nitrogens is 1. The number of hydrogen-bond donors (Lipinski definition) is 1. The van der Waals surface area contributed by atoms with Gasteiger partial charge >= 0.3 is 6.01 Å². The molecule has 1 aromatic heterocycles. The summed E-state index contributed by atoms with van der Waals surface area (Å²) in [4.78, 5) is 8.55. The number of phenolic OH excluding ortho intramolecular Hbond substituents is 1. The van der Waals surface area contributed by atoms with E-state index >= 15 is 0 Å². The largest absolute Gasteiger partial charge is 0.507 e. The Morgan fingerprint density at radius 2 is 1.77 bits per heavy atom. The quantitative estimate of drug-likeness (QED) is 0.555. The van der Waals surface area contributed by atoms with E-state index in [1.165, 1.54) is 0 Å². The lowest BCUT2D eigenvalue weighted by molar-refractivity contribution is 0.475. The molecule has 0 saturated heterocycles. The molecule has 0 spiro atoms. The molecular formula is C18H12N2O2. The van der Waals surface area contributed by atoms with Crippen LogP contribution in [0.3, 0.4) is 0 Å². The molecule has 106 valence electrons. The molecule has 0 bridgehead atoms. The van der Waals surface area contributed by atoms with Crippen molar-refractivity contribution in [3.05, 3.63) is 66.2 Å². The van der Waals surface area contributed by atoms with Crippen molar-refractivity contribution in [2.24, 2.45) is 4.99 Å². The molecule has 0 aliphatic heterocycles. The zero-order valence-corrected chi connectivity index (χ0v) is 11.6. The van der Waals surface area contributed by atoms with Gasteiger partial charge in [-0.2, -0.15) is 4.98 Å². The average molecular weight is 288 g/mol. The van der Waals surface area contributed by atoms with Crippen molar-refractivity contribution in [2.75, 3.05) is 0 Å². The van der Waals surface area contributed by atoms with Crippen molar-refractivity contribution in [1.82, 2.24) is 4.98 Å². The van der Waals surface area contributed by atoms with E-state index in [-0.39, 0.29) is 11.8 Å². The highest BCUT2D eigenvalue weighted by atomic mass is 16.4. The Balaban J connectivity index is 1.81. The number of benzene rings is 3. The van der Waals surface area contributed by atoms with Crippen LogP contribution >= 0.6 is 0 Å². The summed E-state index contributed by atoms with van der Waals surface area (Å²) in [6, 6.07) is 19.1. The van der Waals surface area contributed by atoms with Crippen LogP contribution in [0.25, 0.3) is 21.9 Å². The Hall–Kier alpha value is -3.14. The van der Waals surface area contributed by atoms with Gasteiger partial charge in [0.25, 0.3) is 0 Å². The Morgan fingerprint density at radius 3 is 2.68 bits per heavy atom. The number of aliphatic imine (C=N–C) groups is 1. The lowest BCUT2D eigenvalue weighted by Gasteiger charge is -2.03. The van der Waals surface area contributed by atoms with E-state index in [1.54, 1.807) is 12.3 Å². The zero-order valence-electron chi connectivity index (χ0n) is 11.6. The summed E-state index contributed by atoms with van der Waals surface area (Å²) in [6.07, 6.45) is 1.59. The third kappa shape index (κ3) is 2.11. The van der Waals surface area contributed by atoms with Gasteiger partial charge in [0, 0.05) is 11.8 Å². The van der Waals surface area contributed by atoms with Gasteiger partial charge in [0.2, 0.25) is 0 Å². The second kappa shape index (κ2) is 5.00. The highest BCUT2D eigenvalue weighted by Gasteiger charge is 2.06. The number of hydrogen-bond acceptors (Lipinski definition) is 4. The highest BCUT2D eigenvalue weighted by molar-refractivity contribution is 6.02. The SMILES string of the molecule is Oc1ccc2ccccc2c1C=Nc1nc2ccccc2o1. The van der Waals surface area contributed by atoms with Crippen molar-refractivity contribution in [1.29, 1.82) is 0 Å². The summed E-state index contributed by atoms with van der Waals surface area (Å²) in [5.74, 6) is 0.179. The van der Waals surface area contributed by atoms with Gasteiger partial charge in [-0.15, -0.1) is 0 Å². The molecule has 0 aliphatic rings. The predicted octanol–water partition coefficient (Wildman–Crippen LogP) is 4.44. The van der Waals surface area contributed by atoms with E-state index in [1.807, 2.05) is 54.6 Å². The molecule has 4 nitrogen and oxygen atoms in total. The summed E-state index contributed by atoms with van der Waals surface area (Å²) in [6.45, 7) is 0. The van der Waals surface area contributed by atoms with E-state index < -0.39 is 0 Å². The minimum atomic E-state index is 0.179. The maximum absolute atomic E-state index is 10.1. The molecule has 22 heavy (non-hydrogen) atoms. The molecule has 0 unspecified atom stereocenters.